The minimum absolute atomic E-state index is 0.465. The van der Waals surface area contributed by atoms with Crippen LogP contribution in [0.3, 0.4) is 0 Å². The summed E-state index contributed by atoms with van der Waals surface area (Å²) in [6.07, 6.45) is 2.41. The van der Waals surface area contributed by atoms with Gasteiger partial charge in [-0.05, 0) is 49.2 Å². The van der Waals surface area contributed by atoms with Crippen LogP contribution in [0.4, 0.5) is 28.7 Å². The van der Waals surface area contributed by atoms with Gasteiger partial charge in [-0.3, -0.25) is 0 Å². The Labute approximate surface area is 153 Å². The number of ether oxygens (including phenoxy) is 1. The maximum Gasteiger partial charge on any atom is 0.159 e. The molecule has 6 nitrogen and oxygen atoms in total. The SMILES string of the molecule is CCOc1ccc(Nc2ncnc(Nc3ccccc3CC)c2N)cc1. The molecule has 0 atom stereocenters. The monoisotopic (exact) mass is 349 g/mol. The van der Waals surface area contributed by atoms with Crippen LogP contribution >= 0.6 is 0 Å². The molecule has 0 amide bonds. The molecule has 1 heterocycles. The van der Waals surface area contributed by atoms with Crippen molar-refractivity contribution >= 4 is 28.7 Å². The summed E-state index contributed by atoms with van der Waals surface area (Å²) in [7, 11) is 0. The molecule has 26 heavy (non-hydrogen) atoms. The number of nitrogen functional groups attached to an aromatic ring is 1. The molecule has 0 aliphatic heterocycles. The van der Waals surface area contributed by atoms with E-state index < -0.39 is 0 Å². The predicted molar refractivity (Wildman–Crippen MR) is 106 cm³/mol. The van der Waals surface area contributed by atoms with Gasteiger partial charge in [0.05, 0.1) is 6.61 Å². The summed E-state index contributed by atoms with van der Waals surface area (Å²) in [6.45, 7) is 4.71. The fraction of sp³-hybridized carbons (Fsp3) is 0.200. The van der Waals surface area contributed by atoms with Gasteiger partial charge in [0.2, 0.25) is 0 Å². The Morgan fingerprint density at radius 2 is 1.62 bits per heavy atom. The first-order valence-electron chi connectivity index (χ1n) is 8.66. The number of rotatable bonds is 7. The van der Waals surface area contributed by atoms with Crippen molar-refractivity contribution in [2.75, 3.05) is 23.0 Å². The maximum atomic E-state index is 6.27. The number of aryl methyl sites for hydroxylation is 1. The van der Waals surface area contributed by atoms with E-state index in [1.807, 2.05) is 49.4 Å². The van der Waals surface area contributed by atoms with Gasteiger partial charge in [-0.15, -0.1) is 0 Å². The lowest BCUT2D eigenvalue weighted by molar-refractivity contribution is 0.340. The third-order valence-corrected chi connectivity index (χ3v) is 3.96. The summed E-state index contributed by atoms with van der Waals surface area (Å²) < 4.78 is 5.45. The number of nitrogens with zero attached hydrogens (tertiary/aromatic N) is 2. The van der Waals surface area contributed by atoms with E-state index >= 15 is 0 Å². The zero-order chi connectivity index (χ0) is 18.4. The minimum Gasteiger partial charge on any atom is -0.494 e. The Morgan fingerprint density at radius 3 is 2.31 bits per heavy atom. The van der Waals surface area contributed by atoms with E-state index in [0.29, 0.717) is 23.9 Å². The molecule has 1 aromatic heterocycles. The molecule has 2 aromatic carbocycles. The fourth-order valence-corrected chi connectivity index (χ4v) is 2.61. The van der Waals surface area contributed by atoms with E-state index in [-0.39, 0.29) is 0 Å². The molecule has 0 bridgehead atoms. The lowest BCUT2D eigenvalue weighted by atomic mass is 10.1. The van der Waals surface area contributed by atoms with Gasteiger partial charge < -0.3 is 21.1 Å². The van der Waals surface area contributed by atoms with Crippen LogP contribution in [0.1, 0.15) is 19.4 Å². The number of aromatic nitrogens is 2. The number of anilines is 5. The summed E-state index contributed by atoms with van der Waals surface area (Å²) in [6, 6.07) is 15.8. The second-order valence-corrected chi connectivity index (χ2v) is 5.70. The molecule has 134 valence electrons. The minimum atomic E-state index is 0.465. The molecule has 0 saturated heterocycles. The lowest BCUT2D eigenvalue weighted by Crippen LogP contribution is -2.06. The molecule has 0 spiro atoms. The van der Waals surface area contributed by atoms with Crippen molar-refractivity contribution in [3.05, 3.63) is 60.4 Å². The molecule has 6 heteroatoms. The third-order valence-electron chi connectivity index (χ3n) is 3.96. The van der Waals surface area contributed by atoms with Crippen molar-refractivity contribution in [3.8, 4) is 5.75 Å². The number of para-hydroxylation sites is 1. The topological polar surface area (TPSA) is 85.1 Å². The van der Waals surface area contributed by atoms with Crippen molar-refractivity contribution in [2.45, 2.75) is 20.3 Å². The highest BCUT2D eigenvalue weighted by atomic mass is 16.5. The zero-order valence-electron chi connectivity index (χ0n) is 15.0. The third kappa shape index (κ3) is 4.03. The number of hydrogen-bond acceptors (Lipinski definition) is 6. The van der Waals surface area contributed by atoms with Crippen LogP contribution in [0.15, 0.2) is 54.9 Å². The summed E-state index contributed by atoms with van der Waals surface area (Å²) in [4.78, 5) is 8.54. The molecule has 0 aliphatic carbocycles. The van der Waals surface area contributed by atoms with Crippen LogP contribution < -0.4 is 21.1 Å². The van der Waals surface area contributed by atoms with Crippen LogP contribution in [-0.2, 0) is 6.42 Å². The predicted octanol–water partition coefficient (Wildman–Crippen LogP) is 4.51. The molecule has 3 rings (SSSR count). The number of nitrogens with two attached hydrogens (primary N) is 1. The van der Waals surface area contributed by atoms with Crippen molar-refractivity contribution in [1.29, 1.82) is 0 Å². The largest absolute Gasteiger partial charge is 0.494 e. The fourth-order valence-electron chi connectivity index (χ4n) is 2.61. The first-order chi connectivity index (χ1) is 12.7. The molecular formula is C20H23N5O. The summed E-state index contributed by atoms with van der Waals surface area (Å²) in [5, 5.41) is 6.53. The van der Waals surface area contributed by atoms with Crippen LogP contribution in [0.25, 0.3) is 0 Å². The molecule has 0 fully saturated rings. The first kappa shape index (κ1) is 17.5. The quantitative estimate of drug-likeness (QED) is 0.582. The van der Waals surface area contributed by atoms with Crippen molar-refractivity contribution in [3.63, 3.8) is 0 Å². The number of hydrogen-bond donors (Lipinski definition) is 3. The van der Waals surface area contributed by atoms with Gasteiger partial charge in [-0.1, -0.05) is 25.1 Å². The maximum absolute atomic E-state index is 6.27. The van der Waals surface area contributed by atoms with Crippen LogP contribution in [0.5, 0.6) is 5.75 Å². The normalized spacial score (nSPS) is 10.4. The summed E-state index contributed by atoms with van der Waals surface area (Å²) >= 11 is 0. The molecule has 0 saturated carbocycles. The Morgan fingerprint density at radius 1 is 0.923 bits per heavy atom. The molecule has 0 aliphatic rings. The second kappa shape index (κ2) is 8.20. The summed E-state index contributed by atoms with van der Waals surface area (Å²) in [5.74, 6) is 1.96. The van der Waals surface area contributed by atoms with Crippen molar-refractivity contribution in [1.82, 2.24) is 9.97 Å². The molecule has 0 unspecified atom stereocenters. The van der Waals surface area contributed by atoms with Gasteiger partial charge in [0.1, 0.15) is 17.8 Å². The Bertz CT molecular complexity index is 864. The number of nitrogens with one attached hydrogen (secondary N) is 2. The van der Waals surface area contributed by atoms with E-state index in [1.165, 1.54) is 11.9 Å². The van der Waals surface area contributed by atoms with Gasteiger partial charge >= 0.3 is 0 Å². The second-order valence-electron chi connectivity index (χ2n) is 5.70. The van der Waals surface area contributed by atoms with Crippen molar-refractivity contribution < 1.29 is 4.74 Å². The Kier molecular flexibility index (Phi) is 5.53. The van der Waals surface area contributed by atoms with Crippen molar-refractivity contribution in [2.24, 2.45) is 0 Å². The standard InChI is InChI=1S/C20H23N5O/c1-3-14-7-5-6-8-17(14)25-20-18(21)19(22-13-23-20)24-15-9-11-16(12-10-15)26-4-2/h5-13H,3-4,21H2,1-2H3,(H2,22,23,24,25). The number of benzene rings is 2. The highest BCUT2D eigenvalue weighted by Crippen LogP contribution is 2.29. The lowest BCUT2D eigenvalue weighted by Gasteiger charge is -2.14. The Balaban J connectivity index is 1.80. The van der Waals surface area contributed by atoms with Gasteiger partial charge in [0, 0.05) is 11.4 Å². The van der Waals surface area contributed by atoms with Gasteiger partial charge in [0.25, 0.3) is 0 Å². The highest BCUT2D eigenvalue weighted by Gasteiger charge is 2.10. The van der Waals surface area contributed by atoms with Gasteiger partial charge in [-0.2, -0.15) is 0 Å². The average Bonchev–Trinajstić information content (AvgIpc) is 2.67. The van der Waals surface area contributed by atoms with E-state index in [1.54, 1.807) is 0 Å². The molecular weight excluding hydrogens is 326 g/mol. The van der Waals surface area contributed by atoms with E-state index in [0.717, 1.165) is 23.5 Å². The molecule has 4 N–H and O–H groups in total. The van der Waals surface area contributed by atoms with E-state index in [4.69, 9.17) is 10.5 Å². The van der Waals surface area contributed by atoms with Crippen LogP contribution in [0, 0.1) is 0 Å². The van der Waals surface area contributed by atoms with Crippen LogP contribution in [-0.4, -0.2) is 16.6 Å². The highest BCUT2D eigenvalue weighted by molar-refractivity contribution is 5.80. The zero-order valence-corrected chi connectivity index (χ0v) is 15.0. The average molecular weight is 349 g/mol. The summed E-state index contributed by atoms with van der Waals surface area (Å²) in [5.41, 5.74) is 9.81. The van der Waals surface area contributed by atoms with Gasteiger partial charge in [-0.25, -0.2) is 9.97 Å². The Hall–Kier alpha value is -3.28. The molecule has 0 radical (unpaired) electrons. The first-order valence-corrected chi connectivity index (χ1v) is 8.66. The van der Waals surface area contributed by atoms with Gasteiger partial charge in [0.15, 0.2) is 11.6 Å². The molecule has 3 aromatic rings. The van der Waals surface area contributed by atoms with E-state index in [2.05, 4.69) is 33.6 Å². The van der Waals surface area contributed by atoms with E-state index in [9.17, 15) is 0 Å². The smallest absolute Gasteiger partial charge is 0.159 e. The van der Waals surface area contributed by atoms with Crippen LogP contribution in [0.2, 0.25) is 0 Å².